The molecule has 0 saturated carbocycles. The molecule has 2 aromatic carbocycles. The van der Waals surface area contributed by atoms with Crippen molar-refractivity contribution < 1.29 is 24.1 Å². The number of carboxylic acid groups (broad SMARTS) is 1. The lowest BCUT2D eigenvalue weighted by Gasteiger charge is -2.13. The van der Waals surface area contributed by atoms with Gasteiger partial charge in [0.25, 0.3) is 0 Å². The molecule has 0 atom stereocenters. The predicted octanol–water partition coefficient (Wildman–Crippen LogP) is 3.93. The third kappa shape index (κ3) is 3.01. The molecule has 1 N–H and O–H groups in total. The molecule has 0 amide bonds. The van der Waals surface area contributed by atoms with E-state index in [2.05, 4.69) is 4.98 Å². The zero-order chi connectivity index (χ0) is 18.8. The van der Waals surface area contributed by atoms with Gasteiger partial charge < -0.3 is 19.3 Å². The van der Waals surface area contributed by atoms with Crippen LogP contribution in [0.5, 0.6) is 17.2 Å². The first-order valence-electron chi connectivity index (χ1n) is 7.93. The Balaban J connectivity index is 2.27. The van der Waals surface area contributed by atoms with Crippen LogP contribution in [0.15, 0.2) is 36.4 Å². The number of pyridine rings is 1. The summed E-state index contributed by atoms with van der Waals surface area (Å²) in [6, 6.07) is 10.5. The summed E-state index contributed by atoms with van der Waals surface area (Å²) in [5, 5.41) is 10.2. The second-order valence-corrected chi connectivity index (χ2v) is 5.77. The van der Waals surface area contributed by atoms with E-state index in [1.807, 2.05) is 25.1 Å². The Labute approximate surface area is 151 Å². The second kappa shape index (κ2) is 6.92. The highest BCUT2D eigenvalue weighted by Gasteiger charge is 2.17. The largest absolute Gasteiger partial charge is 0.496 e. The van der Waals surface area contributed by atoms with Crippen LogP contribution in [-0.2, 0) is 0 Å². The van der Waals surface area contributed by atoms with Crippen LogP contribution in [0.3, 0.4) is 0 Å². The summed E-state index contributed by atoms with van der Waals surface area (Å²) in [5.41, 5.74) is 2.98. The minimum atomic E-state index is -1.03. The molecule has 0 aliphatic carbocycles. The fourth-order valence-corrected chi connectivity index (χ4v) is 2.92. The Morgan fingerprint density at radius 2 is 1.58 bits per heavy atom. The van der Waals surface area contributed by atoms with E-state index in [9.17, 15) is 9.90 Å². The number of benzene rings is 2. The number of ether oxygens (including phenoxy) is 3. The Hall–Kier alpha value is -3.28. The van der Waals surface area contributed by atoms with Crippen molar-refractivity contribution in [3.63, 3.8) is 0 Å². The maximum absolute atomic E-state index is 11.8. The van der Waals surface area contributed by atoms with Gasteiger partial charge in [0, 0.05) is 17.0 Å². The summed E-state index contributed by atoms with van der Waals surface area (Å²) >= 11 is 0. The summed E-state index contributed by atoms with van der Waals surface area (Å²) in [6.45, 7) is 1.93. The summed E-state index contributed by atoms with van der Waals surface area (Å²) < 4.78 is 15.9. The summed E-state index contributed by atoms with van der Waals surface area (Å²) in [5.74, 6) is 0.680. The van der Waals surface area contributed by atoms with Crippen molar-refractivity contribution in [1.29, 1.82) is 0 Å². The van der Waals surface area contributed by atoms with Gasteiger partial charge in [0.05, 0.1) is 38.1 Å². The van der Waals surface area contributed by atoms with Gasteiger partial charge in [-0.2, -0.15) is 0 Å². The highest BCUT2D eigenvalue weighted by molar-refractivity contribution is 6.04. The van der Waals surface area contributed by atoms with Gasteiger partial charge in [-0.05, 0) is 42.8 Å². The van der Waals surface area contributed by atoms with Gasteiger partial charge in [0.1, 0.15) is 5.75 Å². The van der Waals surface area contributed by atoms with Crippen molar-refractivity contribution in [3.8, 4) is 28.5 Å². The van der Waals surface area contributed by atoms with E-state index in [1.165, 1.54) is 14.2 Å². The topological polar surface area (TPSA) is 77.9 Å². The molecule has 26 heavy (non-hydrogen) atoms. The number of rotatable bonds is 5. The lowest BCUT2D eigenvalue weighted by Crippen LogP contribution is -2.02. The van der Waals surface area contributed by atoms with E-state index in [4.69, 9.17) is 14.2 Å². The Kier molecular flexibility index (Phi) is 4.67. The zero-order valence-electron chi connectivity index (χ0n) is 15.0. The quantitative estimate of drug-likeness (QED) is 0.749. The molecule has 3 rings (SSSR count). The van der Waals surface area contributed by atoms with E-state index in [1.54, 1.807) is 25.3 Å². The lowest BCUT2D eigenvalue weighted by atomic mass is 10.0. The molecule has 134 valence electrons. The van der Waals surface area contributed by atoms with Crippen molar-refractivity contribution in [1.82, 2.24) is 4.98 Å². The number of aromatic nitrogens is 1. The summed E-state index contributed by atoms with van der Waals surface area (Å²) in [6.07, 6.45) is 0. The highest BCUT2D eigenvalue weighted by Crippen LogP contribution is 2.35. The number of nitrogens with zero attached hydrogens (tertiary/aromatic N) is 1. The molecule has 0 radical (unpaired) electrons. The number of fused-ring (bicyclic) bond motifs is 1. The molecule has 0 unspecified atom stereocenters. The maximum atomic E-state index is 11.8. The number of aromatic carboxylic acids is 1. The van der Waals surface area contributed by atoms with Crippen LogP contribution in [0.2, 0.25) is 0 Å². The molecule has 0 bridgehead atoms. The smallest absolute Gasteiger partial charge is 0.336 e. The van der Waals surface area contributed by atoms with E-state index < -0.39 is 5.97 Å². The van der Waals surface area contributed by atoms with Gasteiger partial charge in [-0.25, -0.2) is 9.78 Å². The number of aryl methyl sites for hydroxylation is 1. The molecule has 0 aliphatic rings. The average molecular weight is 353 g/mol. The summed E-state index contributed by atoms with van der Waals surface area (Å²) in [7, 11) is 4.64. The van der Waals surface area contributed by atoms with E-state index in [-0.39, 0.29) is 5.56 Å². The SMILES string of the molecule is COc1ccc(-c2cc(C(=O)O)c3cc(OC)c(OC)cc3n2)cc1C. The van der Waals surface area contributed by atoms with Crippen LogP contribution in [0.1, 0.15) is 15.9 Å². The molecule has 6 nitrogen and oxygen atoms in total. The third-order valence-electron chi connectivity index (χ3n) is 4.24. The molecule has 6 heteroatoms. The van der Waals surface area contributed by atoms with E-state index >= 15 is 0 Å². The molecule has 0 fully saturated rings. The first kappa shape index (κ1) is 17.5. The predicted molar refractivity (Wildman–Crippen MR) is 98.5 cm³/mol. The fourth-order valence-electron chi connectivity index (χ4n) is 2.92. The van der Waals surface area contributed by atoms with Gasteiger partial charge in [-0.1, -0.05) is 0 Å². The van der Waals surface area contributed by atoms with Crippen LogP contribution in [0.25, 0.3) is 22.2 Å². The molecule has 0 spiro atoms. The van der Waals surface area contributed by atoms with Crippen LogP contribution in [0.4, 0.5) is 0 Å². The molecule has 1 aromatic heterocycles. The first-order valence-corrected chi connectivity index (χ1v) is 7.93. The van der Waals surface area contributed by atoms with Crippen molar-refractivity contribution in [2.45, 2.75) is 6.92 Å². The third-order valence-corrected chi connectivity index (χ3v) is 4.24. The summed E-state index contributed by atoms with van der Waals surface area (Å²) in [4.78, 5) is 16.4. The Morgan fingerprint density at radius 3 is 2.15 bits per heavy atom. The lowest BCUT2D eigenvalue weighted by molar-refractivity contribution is 0.0699. The Bertz CT molecular complexity index is 997. The number of hydrogen-bond acceptors (Lipinski definition) is 5. The average Bonchev–Trinajstić information content (AvgIpc) is 2.65. The van der Waals surface area contributed by atoms with Crippen LogP contribution < -0.4 is 14.2 Å². The number of hydrogen-bond donors (Lipinski definition) is 1. The van der Waals surface area contributed by atoms with Crippen LogP contribution >= 0.6 is 0 Å². The second-order valence-electron chi connectivity index (χ2n) is 5.77. The highest BCUT2D eigenvalue weighted by atomic mass is 16.5. The molecule has 0 saturated heterocycles. The van der Waals surface area contributed by atoms with E-state index in [0.29, 0.717) is 28.1 Å². The normalized spacial score (nSPS) is 10.6. The molecule has 0 aliphatic heterocycles. The molecule has 1 heterocycles. The van der Waals surface area contributed by atoms with Crippen molar-refractivity contribution in [2.75, 3.05) is 21.3 Å². The van der Waals surface area contributed by atoms with Gasteiger partial charge >= 0.3 is 5.97 Å². The molecular formula is C20H19NO5. The number of methoxy groups -OCH3 is 3. The van der Waals surface area contributed by atoms with Gasteiger partial charge in [-0.3, -0.25) is 0 Å². The zero-order valence-corrected chi connectivity index (χ0v) is 15.0. The maximum Gasteiger partial charge on any atom is 0.336 e. The van der Waals surface area contributed by atoms with Crippen molar-refractivity contribution in [2.24, 2.45) is 0 Å². The number of carbonyl (C=O) groups is 1. The molecular weight excluding hydrogens is 334 g/mol. The standard InChI is InChI=1S/C20H19NO5/c1-11-7-12(5-6-17(11)24-2)15-8-14(20(22)23)13-9-18(25-3)19(26-4)10-16(13)21-15/h5-10H,1-4H3,(H,22,23). The monoisotopic (exact) mass is 353 g/mol. The fraction of sp³-hybridized carbons (Fsp3) is 0.200. The molecule has 3 aromatic rings. The van der Waals surface area contributed by atoms with Crippen molar-refractivity contribution >= 4 is 16.9 Å². The van der Waals surface area contributed by atoms with Crippen LogP contribution in [0, 0.1) is 6.92 Å². The minimum Gasteiger partial charge on any atom is -0.496 e. The van der Waals surface area contributed by atoms with Gasteiger partial charge in [0.2, 0.25) is 0 Å². The van der Waals surface area contributed by atoms with E-state index in [0.717, 1.165) is 16.9 Å². The van der Waals surface area contributed by atoms with Gasteiger partial charge in [-0.15, -0.1) is 0 Å². The van der Waals surface area contributed by atoms with Crippen LogP contribution in [-0.4, -0.2) is 37.4 Å². The van der Waals surface area contributed by atoms with Gasteiger partial charge in [0.15, 0.2) is 11.5 Å². The minimum absolute atomic E-state index is 0.152. The number of carboxylic acids is 1. The first-order chi connectivity index (χ1) is 12.5. The van der Waals surface area contributed by atoms with Crippen molar-refractivity contribution in [3.05, 3.63) is 47.5 Å². The Morgan fingerprint density at radius 1 is 0.923 bits per heavy atom.